The Balaban J connectivity index is 1.68. The first kappa shape index (κ1) is 16.0. The lowest BCUT2D eigenvalue weighted by Gasteiger charge is -2.13. The molecule has 116 valence electrons. The van der Waals surface area contributed by atoms with Crippen LogP contribution in [0.25, 0.3) is 0 Å². The summed E-state index contributed by atoms with van der Waals surface area (Å²) in [5.74, 6) is 0.772. The fourth-order valence-electron chi connectivity index (χ4n) is 2.74. The van der Waals surface area contributed by atoms with Crippen molar-refractivity contribution in [2.45, 2.75) is 32.1 Å². The van der Waals surface area contributed by atoms with Gasteiger partial charge in [-0.3, -0.25) is 4.79 Å². The summed E-state index contributed by atoms with van der Waals surface area (Å²) in [6.07, 6.45) is 1.84. The van der Waals surface area contributed by atoms with Gasteiger partial charge in [-0.15, -0.1) is 0 Å². The highest BCUT2D eigenvalue weighted by Crippen LogP contribution is 2.21. The van der Waals surface area contributed by atoms with Gasteiger partial charge in [0.05, 0.1) is 11.5 Å². The molecule has 0 unspecified atom stereocenters. The molecule has 4 nitrogen and oxygen atoms in total. The molecule has 0 saturated carbocycles. The second-order valence-corrected chi connectivity index (χ2v) is 8.15. The Labute approximate surface area is 126 Å². The maximum Gasteiger partial charge on any atom is 0.220 e. The lowest BCUT2D eigenvalue weighted by atomic mass is 9.98. The van der Waals surface area contributed by atoms with E-state index in [2.05, 4.69) is 24.4 Å². The lowest BCUT2D eigenvalue weighted by molar-refractivity contribution is -0.121. The van der Waals surface area contributed by atoms with Crippen molar-refractivity contribution in [2.75, 3.05) is 18.1 Å². The molecule has 1 N–H and O–H groups in total. The summed E-state index contributed by atoms with van der Waals surface area (Å²) in [4.78, 5) is 11.8. The van der Waals surface area contributed by atoms with Gasteiger partial charge in [-0.25, -0.2) is 8.42 Å². The van der Waals surface area contributed by atoms with Crippen LogP contribution in [0, 0.1) is 5.92 Å². The largest absolute Gasteiger partial charge is 0.356 e. The number of hydrogen-bond acceptors (Lipinski definition) is 3. The molecule has 1 aliphatic rings. The average Bonchev–Trinajstić information content (AvgIpc) is 2.78. The van der Waals surface area contributed by atoms with Crippen LogP contribution in [0.4, 0.5) is 0 Å². The van der Waals surface area contributed by atoms with Crippen molar-refractivity contribution in [3.05, 3.63) is 35.9 Å². The SMILES string of the molecule is C[C@H](CCNC(=O)C[C@H]1CCS(=O)(=O)C1)c1ccccc1. The molecular formula is C16H23NO3S. The summed E-state index contributed by atoms with van der Waals surface area (Å²) in [7, 11) is -2.89. The third-order valence-corrected chi connectivity index (χ3v) is 5.91. The number of amides is 1. The molecule has 1 amide bonds. The summed E-state index contributed by atoms with van der Waals surface area (Å²) < 4.78 is 22.7. The van der Waals surface area contributed by atoms with E-state index in [0.29, 0.717) is 25.3 Å². The summed E-state index contributed by atoms with van der Waals surface area (Å²) in [5.41, 5.74) is 1.27. The molecule has 0 aromatic heterocycles. The molecule has 1 fully saturated rings. The molecular weight excluding hydrogens is 286 g/mol. The molecule has 1 heterocycles. The summed E-state index contributed by atoms with van der Waals surface area (Å²) >= 11 is 0. The number of rotatable bonds is 6. The zero-order valence-electron chi connectivity index (χ0n) is 12.4. The third kappa shape index (κ3) is 5.16. The number of benzene rings is 1. The van der Waals surface area contributed by atoms with E-state index in [4.69, 9.17) is 0 Å². The Bertz CT molecular complexity index is 568. The molecule has 1 aromatic carbocycles. The van der Waals surface area contributed by atoms with Crippen LogP contribution in [0.5, 0.6) is 0 Å². The predicted molar refractivity (Wildman–Crippen MR) is 83.9 cm³/mol. The van der Waals surface area contributed by atoms with Crippen molar-refractivity contribution < 1.29 is 13.2 Å². The number of nitrogens with one attached hydrogen (secondary N) is 1. The predicted octanol–water partition coefficient (Wildman–Crippen LogP) is 2.12. The van der Waals surface area contributed by atoms with E-state index in [-0.39, 0.29) is 23.3 Å². The number of carbonyl (C=O) groups is 1. The first-order chi connectivity index (χ1) is 9.96. The van der Waals surface area contributed by atoms with Crippen molar-refractivity contribution in [1.82, 2.24) is 5.32 Å². The molecule has 2 atom stereocenters. The monoisotopic (exact) mass is 309 g/mol. The highest BCUT2D eigenvalue weighted by Gasteiger charge is 2.29. The Hall–Kier alpha value is -1.36. The van der Waals surface area contributed by atoms with Crippen LogP contribution in [-0.2, 0) is 14.6 Å². The Morgan fingerprint density at radius 2 is 2.05 bits per heavy atom. The summed E-state index contributed by atoms with van der Waals surface area (Å²) in [6, 6.07) is 10.2. The fraction of sp³-hybridized carbons (Fsp3) is 0.562. The van der Waals surface area contributed by atoms with Crippen LogP contribution in [0.3, 0.4) is 0 Å². The molecule has 1 aliphatic heterocycles. The first-order valence-corrected chi connectivity index (χ1v) is 9.30. The topological polar surface area (TPSA) is 63.2 Å². The highest BCUT2D eigenvalue weighted by atomic mass is 32.2. The van der Waals surface area contributed by atoms with Crippen molar-refractivity contribution in [2.24, 2.45) is 5.92 Å². The van der Waals surface area contributed by atoms with E-state index < -0.39 is 9.84 Å². The van der Waals surface area contributed by atoms with Crippen LogP contribution in [-0.4, -0.2) is 32.4 Å². The van der Waals surface area contributed by atoms with E-state index in [0.717, 1.165) is 6.42 Å². The van der Waals surface area contributed by atoms with Crippen molar-refractivity contribution in [3.8, 4) is 0 Å². The molecule has 0 aliphatic carbocycles. The van der Waals surface area contributed by atoms with Gasteiger partial charge in [-0.1, -0.05) is 37.3 Å². The van der Waals surface area contributed by atoms with Crippen LogP contribution in [0.2, 0.25) is 0 Å². The van der Waals surface area contributed by atoms with Gasteiger partial charge in [-0.05, 0) is 30.2 Å². The van der Waals surface area contributed by atoms with E-state index in [9.17, 15) is 13.2 Å². The van der Waals surface area contributed by atoms with Gasteiger partial charge < -0.3 is 5.32 Å². The molecule has 21 heavy (non-hydrogen) atoms. The Morgan fingerprint density at radius 3 is 2.67 bits per heavy atom. The zero-order chi connectivity index (χ0) is 15.3. The van der Waals surface area contributed by atoms with Gasteiger partial charge in [0.1, 0.15) is 0 Å². The number of sulfone groups is 1. The van der Waals surface area contributed by atoms with Crippen LogP contribution in [0.1, 0.15) is 37.7 Å². The molecule has 0 spiro atoms. The smallest absolute Gasteiger partial charge is 0.220 e. The average molecular weight is 309 g/mol. The van der Waals surface area contributed by atoms with E-state index in [1.807, 2.05) is 18.2 Å². The number of hydrogen-bond donors (Lipinski definition) is 1. The van der Waals surface area contributed by atoms with Crippen LogP contribution < -0.4 is 5.32 Å². The van der Waals surface area contributed by atoms with Crippen LogP contribution in [0.15, 0.2) is 30.3 Å². The van der Waals surface area contributed by atoms with Gasteiger partial charge in [0.25, 0.3) is 0 Å². The van der Waals surface area contributed by atoms with Crippen molar-refractivity contribution >= 4 is 15.7 Å². The van der Waals surface area contributed by atoms with Crippen molar-refractivity contribution in [3.63, 3.8) is 0 Å². The molecule has 1 saturated heterocycles. The second-order valence-electron chi connectivity index (χ2n) is 5.92. The lowest BCUT2D eigenvalue weighted by Crippen LogP contribution is -2.27. The molecule has 0 bridgehead atoms. The Morgan fingerprint density at radius 1 is 1.33 bits per heavy atom. The van der Waals surface area contributed by atoms with Gasteiger partial charge in [0.15, 0.2) is 9.84 Å². The van der Waals surface area contributed by atoms with E-state index in [1.165, 1.54) is 5.56 Å². The van der Waals surface area contributed by atoms with Crippen molar-refractivity contribution in [1.29, 1.82) is 0 Å². The third-order valence-electron chi connectivity index (χ3n) is 4.07. The van der Waals surface area contributed by atoms with Crippen LogP contribution >= 0.6 is 0 Å². The van der Waals surface area contributed by atoms with Gasteiger partial charge in [0, 0.05) is 13.0 Å². The van der Waals surface area contributed by atoms with Gasteiger partial charge in [0.2, 0.25) is 5.91 Å². The minimum absolute atomic E-state index is 0.00143. The molecule has 2 rings (SSSR count). The quantitative estimate of drug-likeness (QED) is 0.875. The Kier molecular flexibility index (Phi) is 5.39. The minimum Gasteiger partial charge on any atom is -0.356 e. The van der Waals surface area contributed by atoms with Gasteiger partial charge >= 0.3 is 0 Å². The van der Waals surface area contributed by atoms with Gasteiger partial charge in [-0.2, -0.15) is 0 Å². The normalized spacial score (nSPS) is 21.9. The first-order valence-electron chi connectivity index (χ1n) is 7.48. The number of carbonyl (C=O) groups excluding carboxylic acids is 1. The molecule has 0 radical (unpaired) electrons. The standard InChI is InChI=1S/C16H23NO3S/c1-13(15-5-3-2-4-6-15)7-9-17-16(18)11-14-8-10-21(19,20)12-14/h2-6,13-14H,7-12H2,1H3,(H,17,18)/t13-,14-/m1/s1. The fourth-order valence-corrected chi connectivity index (χ4v) is 4.61. The maximum absolute atomic E-state index is 11.8. The summed E-state index contributed by atoms with van der Waals surface area (Å²) in [6.45, 7) is 2.78. The highest BCUT2D eigenvalue weighted by molar-refractivity contribution is 7.91. The maximum atomic E-state index is 11.8. The molecule has 1 aromatic rings. The second kappa shape index (κ2) is 7.07. The van der Waals surface area contributed by atoms with E-state index in [1.54, 1.807) is 0 Å². The molecule has 5 heteroatoms. The van der Waals surface area contributed by atoms with E-state index >= 15 is 0 Å². The summed E-state index contributed by atoms with van der Waals surface area (Å²) in [5, 5.41) is 2.90. The zero-order valence-corrected chi connectivity index (χ0v) is 13.2. The minimum atomic E-state index is -2.89.